The van der Waals surface area contributed by atoms with Crippen molar-refractivity contribution in [3.8, 4) is 11.8 Å². The van der Waals surface area contributed by atoms with Crippen molar-refractivity contribution in [1.29, 1.82) is 5.26 Å². The molecule has 1 saturated heterocycles. The fourth-order valence-electron chi connectivity index (χ4n) is 3.95. The van der Waals surface area contributed by atoms with Crippen molar-refractivity contribution in [1.82, 2.24) is 10.3 Å². The van der Waals surface area contributed by atoms with Gasteiger partial charge in [0.15, 0.2) is 0 Å². The summed E-state index contributed by atoms with van der Waals surface area (Å²) in [6, 6.07) is 13.9. The summed E-state index contributed by atoms with van der Waals surface area (Å²) in [4.78, 5) is 32.5. The molecular formula is C23H16N4O3S. The number of fused-ring (bicyclic) bond motifs is 2. The number of nitrogens with one attached hydrogen (secondary N) is 1. The van der Waals surface area contributed by atoms with E-state index in [1.54, 1.807) is 24.4 Å². The number of benzene rings is 2. The highest BCUT2D eigenvalue weighted by Crippen LogP contribution is 2.46. The molecule has 1 N–H and O–H groups in total. The first-order valence-electron chi connectivity index (χ1n) is 9.55. The Morgan fingerprint density at radius 2 is 2.00 bits per heavy atom. The Labute approximate surface area is 182 Å². The number of nitriles is 1. The van der Waals surface area contributed by atoms with Gasteiger partial charge in [-0.05, 0) is 18.2 Å². The minimum Gasteiger partial charge on any atom is -0.496 e. The van der Waals surface area contributed by atoms with E-state index >= 15 is 0 Å². The monoisotopic (exact) mass is 428 g/mol. The summed E-state index contributed by atoms with van der Waals surface area (Å²) in [5, 5.41) is 13.5. The van der Waals surface area contributed by atoms with Crippen LogP contribution in [0, 0.1) is 11.3 Å². The lowest BCUT2D eigenvalue weighted by atomic mass is 10.0. The number of anilines is 1. The number of nitrogens with zero attached hydrogens (tertiary/aromatic N) is 3. The molecule has 31 heavy (non-hydrogen) atoms. The van der Waals surface area contributed by atoms with Crippen LogP contribution in [0.3, 0.4) is 0 Å². The van der Waals surface area contributed by atoms with Crippen LogP contribution in [0.1, 0.15) is 11.1 Å². The second kappa shape index (κ2) is 7.45. The van der Waals surface area contributed by atoms with E-state index in [0.717, 1.165) is 20.6 Å². The molecule has 5 rings (SSSR count). The molecule has 0 bridgehead atoms. The first-order valence-corrected chi connectivity index (χ1v) is 10.4. The maximum absolute atomic E-state index is 13.4. The zero-order valence-corrected chi connectivity index (χ0v) is 17.2. The van der Waals surface area contributed by atoms with E-state index in [9.17, 15) is 14.9 Å². The highest BCUT2D eigenvalue weighted by atomic mass is 32.2. The molecule has 3 amide bonds. The van der Waals surface area contributed by atoms with Crippen molar-refractivity contribution in [3.05, 3.63) is 72.1 Å². The molecule has 3 heterocycles. The van der Waals surface area contributed by atoms with Crippen LogP contribution in [-0.4, -0.2) is 35.3 Å². The standard InChI is InChI=1S/C23H16N4O3S/c1-30-18-8-4-6-13(10-24)20(18)19-9-16-21(31-19)22(28)27(23(29)26-16)17-12-25-11-14-5-2-3-7-15(14)17/h2-9,11-12,16,21H,1H3,(H,26,29). The molecule has 8 heteroatoms. The fraction of sp³-hybridized carbons (Fsp3) is 0.130. The summed E-state index contributed by atoms with van der Waals surface area (Å²) in [6.45, 7) is 0. The second-order valence-corrected chi connectivity index (χ2v) is 8.28. The molecule has 2 unspecified atom stereocenters. The molecule has 0 aliphatic carbocycles. The van der Waals surface area contributed by atoms with Crippen LogP contribution in [0.25, 0.3) is 15.7 Å². The Morgan fingerprint density at radius 3 is 2.81 bits per heavy atom. The third kappa shape index (κ3) is 3.02. The van der Waals surface area contributed by atoms with Crippen molar-refractivity contribution >= 4 is 45.1 Å². The normalized spacial score (nSPS) is 20.1. The number of imide groups is 1. The molecule has 2 aliphatic rings. The lowest BCUT2D eigenvalue weighted by Gasteiger charge is -2.33. The van der Waals surface area contributed by atoms with E-state index in [1.165, 1.54) is 25.1 Å². The molecule has 0 saturated carbocycles. The van der Waals surface area contributed by atoms with Crippen LogP contribution in [0.2, 0.25) is 0 Å². The summed E-state index contributed by atoms with van der Waals surface area (Å²) in [5.74, 6) is 0.224. The van der Waals surface area contributed by atoms with Crippen LogP contribution in [0.5, 0.6) is 5.75 Å². The number of hydrogen-bond acceptors (Lipinski definition) is 6. The quantitative estimate of drug-likeness (QED) is 0.684. The zero-order valence-electron chi connectivity index (χ0n) is 16.4. The van der Waals surface area contributed by atoms with E-state index in [-0.39, 0.29) is 5.91 Å². The van der Waals surface area contributed by atoms with Crippen molar-refractivity contribution in [3.63, 3.8) is 0 Å². The minimum absolute atomic E-state index is 0.323. The van der Waals surface area contributed by atoms with E-state index in [0.29, 0.717) is 22.6 Å². The Morgan fingerprint density at radius 1 is 1.16 bits per heavy atom. The molecule has 0 spiro atoms. The number of urea groups is 1. The molecule has 2 aliphatic heterocycles. The van der Waals surface area contributed by atoms with E-state index in [4.69, 9.17) is 4.74 Å². The number of rotatable bonds is 3. The number of hydrogen-bond donors (Lipinski definition) is 1. The van der Waals surface area contributed by atoms with Crippen LogP contribution in [0.4, 0.5) is 10.5 Å². The fourth-order valence-corrected chi connectivity index (χ4v) is 5.28. The summed E-state index contributed by atoms with van der Waals surface area (Å²) in [5.41, 5.74) is 1.53. The Kier molecular flexibility index (Phi) is 4.60. The summed E-state index contributed by atoms with van der Waals surface area (Å²) in [7, 11) is 1.54. The van der Waals surface area contributed by atoms with Gasteiger partial charge in [-0.25, -0.2) is 9.69 Å². The number of carbonyl (C=O) groups excluding carboxylic acids is 2. The summed E-state index contributed by atoms with van der Waals surface area (Å²) < 4.78 is 5.44. The molecule has 1 aromatic heterocycles. The SMILES string of the molecule is COc1cccc(C#N)c1C1=CC2NC(=O)N(c3cncc4ccccc34)C(=O)C2S1. The highest BCUT2D eigenvalue weighted by molar-refractivity contribution is 8.09. The third-order valence-electron chi connectivity index (χ3n) is 5.37. The number of pyridine rings is 1. The number of methoxy groups -OCH3 is 1. The van der Waals surface area contributed by atoms with Gasteiger partial charge in [0.1, 0.15) is 11.0 Å². The highest BCUT2D eigenvalue weighted by Gasteiger charge is 2.46. The molecule has 3 aromatic rings. The predicted octanol–water partition coefficient (Wildman–Crippen LogP) is 3.70. The van der Waals surface area contributed by atoms with Crippen molar-refractivity contribution < 1.29 is 14.3 Å². The van der Waals surface area contributed by atoms with Gasteiger partial charge < -0.3 is 10.1 Å². The molecule has 0 radical (unpaired) electrons. The molecular weight excluding hydrogens is 412 g/mol. The molecule has 1 fully saturated rings. The van der Waals surface area contributed by atoms with Gasteiger partial charge in [-0.2, -0.15) is 5.26 Å². The van der Waals surface area contributed by atoms with Crippen molar-refractivity contribution in [2.24, 2.45) is 0 Å². The number of ether oxygens (including phenoxy) is 1. The van der Waals surface area contributed by atoms with E-state index < -0.39 is 17.3 Å². The van der Waals surface area contributed by atoms with Gasteiger partial charge in [-0.1, -0.05) is 30.3 Å². The van der Waals surface area contributed by atoms with E-state index in [2.05, 4.69) is 16.4 Å². The largest absolute Gasteiger partial charge is 0.496 e. The number of carbonyl (C=O) groups is 2. The zero-order chi connectivity index (χ0) is 21.5. The number of amides is 3. The smallest absolute Gasteiger partial charge is 0.329 e. The average Bonchev–Trinajstić information content (AvgIpc) is 3.22. The first-order chi connectivity index (χ1) is 15.1. The van der Waals surface area contributed by atoms with Crippen molar-refractivity contribution in [2.75, 3.05) is 12.0 Å². The Balaban J connectivity index is 1.53. The number of thioether (sulfide) groups is 1. The predicted molar refractivity (Wildman–Crippen MR) is 119 cm³/mol. The summed E-state index contributed by atoms with van der Waals surface area (Å²) in [6.07, 6.45) is 5.05. The third-order valence-corrected chi connectivity index (χ3v) is 6.71. The molecule has 152 valence electrons. The van der Waals surface area contributed by atoms with Crippen LogP contribution in [0.15, 0.2) is 60.9 Å². The van der Waals surface area contributed by atoms with Crippen LogP contribution < -0.4 is 15.0 Å². The summed E-state index contributed by atoms with van der Waals surface area (Å²) >= 11 is 1.32. The topological polar surface area (TPSA) is 95.3 Å². The average molecular weight is 428 g/mol. The second-order valence-electron chi connectivity index (χ2n) is 7.09. The molecule has 2 aromatic carbocycles. The lowest BCUT2D eigenvalue weighted by molar-refractivity contribution is -0.118. The maximum Gasteiger partial charge on any atom is 0.329 e. The first kappa shape index (κ1) is 19.2. The minimum atomic E-state index is -0.553. The lowest BCUT2D eigenvalue weighted by Crippen LogP contribution is -2.60. The van der Waals surface area contributed by atoms with Gasteiger partial charge in [-0.15, -0.1) is 11.8 Å². The van der Waals surface area contributed by atoms with Gasteiger partial charge in [0, 0.05) is 27.4 Å². The van der Waals surface area contributed by atoms with Gasteiger partial charge in [0.05, 0.1) is 36.7 Å². The van der Waals surface area contributed by atoms with Crippen LogP contribution >= 0.6 is 11.8 Å². The maximum atomic E-state index is 13.4. The Bertz CT molecular complexity index is 1310. The number of aromatic nitrogens is 1. The van der Waals surface area contributed by atoms with Gasteiger partial charge in [-0.3, -0.25) is 9.78 Å². The van der Waals surface area contributed by atoms with Crippen molar-refractivity contribution in [2.45, 2.75) is 11.3 Å². The van der Waals surface area contributed by atoms with E-state index in [1.807, 2.05) is 30.3 Å². The molecule has 7 nitrogen and oxygen atoms in total. The van der Waals surface area contributed by atoms with Gasteiger partial charge >= 0.3 is 6.03 Å². The van der Waals surface area contributed by atoms with Crippen LogP contribution in [-0.2, 0) is 4.79 Å². The molecule has 2 atom stereocenters. The van der Waals surface area contributed by atoms with Gasteiger partial charge in [0.25, 0.3) is 5.91 Å². The van der Waals surface area contributed by atoms with Gasteiger partial charge in [0.2, 0.25) is 0 Å². The Hall–Kier alpha value is -3.83.